The van der Waals surface area contributed by atoms with Crippen molar-refractivity contribution in [3.05, 3.63) is 48.5 Å². The van der Waals surface area contributed by atoms with Crippen LogP contribution in [0, 0.1) is 0 Å². The molecule has 144 valence electrons. The summed E-state index contributed by atoms with van der Waals surface area (Å²) in [5, 5.41) is 5.70. The highest BCUT2D eigenvalue weighted by molar-refractivity contribution is 5.99. The number of amides is 2. The van der Waals surface area contributed by atoms with E-state index >= 15 is 0 Å². The lowest BCUT2D eigenvalue weighted by molar-refractivity contribution is 0.242. The van der Waals surface area contributed by atoms with Gasteiger partial charge in [0, 0.05) is 43.2 Å². The molecule has 0 bridgehead atoms. The van der Waals surface area contributed by atoms with Gasteiger partial charge in [0.1, 0.15) is 5.75 Å². The second-order valence-corrected chi connectivity index (χ2v) is 7.11. The van der Waals surface area contributed by atoms with Crippen LogP contribution in [0.15, 0.2) is 48.5 Å². The van der Waals surface area contributed by atoms with E-state index in [1.54, 1.807) is 0 Å². The molecule has 0 unspecified atom stereocenters. The van der Waals surface area contributed by atoms with Crippen LogP contribution in [0.2, 0.25) is 0 Å². The summed E-state index contributed by atoms with van der Waals surface area (Å²) >= 11 is 0. The fraction of sp³-hybridized carbons (Fsp3) is 0.381. The lowest BCUT2D eigenvalue weighted by Gasteiger charge is -2.34. The van der Waals surface area contributed by atoms with Gasteiger partial charge in [0.2, 0.25) is 0 Å². The molecule has 0 aliphatic carbocycles. The minimum Gasteiger partial charge on any atom is -0.491 e. The number of carbonyl (C=O) groups is 1. The number of urea groups is 1. The maximum absolute atomic E-state index is 12.2. The molecule has 0 atom stereocenters. The summed E-state index contributed by atoms with van der Waals surface area (Å²) in [5.41, 5.74) is 2.68. The van der Waals surface area contributed by atoms with Gasteiger partial charge in [0.15, 0.2) is 0 Å². The minimum atomic E-state index is -0.264. The number of anilines is 3. The molecule has 2 amide bonds. The van der Waals surface area contributed by atoms with Crippen LogP contribution in [-0.4, -0.2) is 50.3 Å². The van der Waals surface area contributed by atoms with Crippen molar-refractivity contribution >= 4 is 23.1 Å². The van der Waals surface area contributed by atoms with E-state index in [2.05, 4.69) is 39.6 Å². The molecule has 27 heavy (non-hydrogen) atoms. The first-order valence-electron chi connectivity index (χ1n) is 9.38. The van der Waals surface area contributed by atoms with Crippen molar-refractivity contribution in [1.82, 2.24) is 4.90 Å². The lowest BCUT2D eigenvalue weighted by atomic mass is 10.2. The van der Waals surface area contributed by atoms with Crippen LogP contribution >= 0.6 is 0 Å². The number of carbonyl (C=O) groups excluding carboxylic acids is 1. The molecule has 2 aromatic rings. The number of rotatable bonds is 5. The van der Waals surface area contributed by atoms with Crippen molar-refractivity contribution in [2.24, 2.45) is 0 Å². The van der Waals surface area contributed by atoms with Crippen molar-refractivity contribution < 1.29 is 9.53 Å². The largest absolute Gasteiger partial charge is 0.491 e. The van der Waals surface area contributed by atoms with Crippen LogP contribution in [-0.2, 0) is 0 Å². The van der Waals surface area contributed by atoms with E-state index < -0.39 is 0 Å². The Bertz CT molecular complexity index is 736. The van der Waals surface area contributed by atoms with Crippen LogP contribution in [0.3, 0.4) is 0 Å². The average molecular weight is 368 g/mol. The highest BCUT2D eigenvalue weighted by Gasteiger charge is 2.14. The zero-order valence-corrected chi connectivity index (χ0v) is 16.2. The molecule has 1 fully saturated rings. The predicted molar refractivity (Wildman–Crippen MR) is 111 cm³/mol. The van der Waals surface area contributed by atoms with Gasteiger partial charge in [0.05, 0.1) is 6.10 Å². The third-order valence-corrected chi connectivity index (χ3v) is 4.48. The van der Waals surface area contributed by atoms with Crippen molar-refractivity contribution in [3.63, 3.8) is 0 Å². The Kier molecular flexibility index (Phi) is 6.19. The van der Waals surface area contributed by atoms with E-state index in [-0.39, 0.29) is 12.1 Å². The molecule has 0 spiro atoms. The van der Waals surface area contributed by atoms with E-state index in [1.165, 1.54) is 5.69 Å². The molecule has 2 aromatic carbocycles. The van der Waals surface area contributed by atoms with Crippen LogP contribution in [0.25, 0.3) is 0 Å². The SMILES string of the molecule is CC(C)Oc1ccc(NC(=O)Nc2ccc(N3CCN(C)CC3)cc2)cc1. The molecule has 1 saturated heterocycles. The molecule has 0 radical (unpaired) electrons. The average Bonchev–Trinajstić information content (AvgIpc) is 2.64. The molecular formula is C21H28N4O2. The molecule has 6 nitrogen and oxygen atoms in total. The number of likely N-dealkylation sites (N-methyl/N-ethyl adjacent to an activating group) is 1. The Balaban J connectivity index is 1.51. The summed E-state index contributed by atoms with van der Waals surface area (Å²) in [6.07, 6.45) is 0.126. The van der Waals surface area contributed by atoms with Crippen molar-refractivity contribution in [3.8, 4) is 5.75 Å². The molecule has 1 aliphatic heterocycles. The van der Waals surface area contributed by atoms with Gasteiger partial charge in [-0.25, -0.2) is 4.79 Å². The van der Waals surface area contributed by atoms with Crippen LogP contribution in [0.4, 0.5) is 21.9 Å². The van der Waals surface area contributed by atoms with Gasteiger partial charge in [-0.1, -0.05) is 0 Å². The quantitative estimate of drug-likeness (QED) is 0.841. The van der Waals surface area contributed by atoms with Crippen molar-refractivity contribution in [2.45, 2.75) is 20.0 Å². The summed E-state index contributed by atoms with van der Waals surface area (Å²) in [4.78, 5) is 16.9. The maximum atomic E-state index is 12.2. The first-order chi connectivity index (χ1) is 13.0. The maximum Gasteiger partial charge on any atom is 0.323 e. The van der Waals surface area contributed by atoms with Gasteiger partial charge in [-0.15, -0.1) is 0 Å². The number of benzene rings is 2. The summed E-state index contributed by atoms with van der Waals surface area (Å²) in [6.45, 7) is 8.16. The van der Waals surface area contributed by atoms with Crippen LogP contribution < -0.4 is 20.3 Å². The minimum absolute atomic E-state index is 0.126. The molecular weight excluding hydrogens is 340 g/mol. The van der Waals surface area contributed by atoms with Gasteiger partial charge in [-0.2, -0.15) is 0 Å². The van der Waals surface area contributed by atoms with Crippen molar-refractivity contribution in [2.75, 3.05) is 48.8 Å². The molecule has 1 aliphatic rings. The monoisotopic (exact) mass is 368 g/mol. The number of ether oxygens (including phenoxy) is 1. The smallest absolute Gasteiger partial charge is 0.323 e. The Morgan fingerprint density at radius 1 is 0.889 bits per heavy atom. The second-order valence-electron chi connectivity index (χ2n) is 7.11. The summed E-state index contributed by atoms with van der Waals surface area (Å²) < 4.78 is 5.60. The normalized spacial score (nSPS) is 14.9. The zero-order valence-electron chi connectivity index (χ0n) is 16.2. The topological polar surface area (TPSA) is 56.8 Å². The molecule has 0 saturated carbocycles. The Morgan fingerprint density at radius 2 is 1.41 bits per heavy atom. The zero-order chi connectivity index (χ0) is 19.2. The van der Waals surface area contributed by atoms with E-state index in [0.717, 1.165) is 43.3 Å². The lowest BCUT2D eigenvalue weighted by Crippen LogP contribution is -2.44. The van der Waals surface area contributed by atoms with E-state index in [9.17, 15) is 4.79 Å². The molecule has 0 aromatic heterocycles. The number of hydrogen-bond donors (Lipinski definition) is 2. The number of nitrogens with one attached hydrogen (secondary N) is 2. The van der Waals surface area contributed by atoms with E-state index in [4.69, 9.17) is 4.74 Å². The number of hydrogen-bond acceptors (Lipinski definition) is 4. The van der Waals surface area contributed by atoms with Gasteiger partial charge in [-0.05, 0) is 69.4 Å². The summed E-state index contributed by atoms with van der Waals surface area (Å²) in [6, 6.07) is 15.1. The van der Waals surface area contributed by atoms with Crippen LogP contribution in [0.1, 0.15) is 13.8 Å². The summed E-state index contributed by atoms with van der Waals surface area (Å²) in [5.74, 6) is 0.787. The predicted octanol–water partition coefficient (Wildman–Crippen LogP) is 3.87. The highest BCUT2D eigenvalue weighted by Crippen LogP contribution is 2.20. The standard InChI is InChI=1S/C21H28N4O2/c1-16(2)27-20-10-6-18(7-11-20)23-21(26)22-17-4-8-19(9-5-17)25-14-12-24(3)13-15-25/h4-11,16H,12-15H2,1-3H3,(H2,22,23,26). The third-order valence-electron chi connectivity index (χ3n) is 4.48. The first kappa shape index (κ1) is 19.0. The van der Waals surface area contributed by atoms with E-state index in [1.807, 2.05) is 50.2 Å². The van der Waals surface area contributed by atoms with E-state index in [0.29, 0.717) is 0 Å². The Hall–Kier alpha value is -2.73. The Morgan fingerprint density at radius 3 is 1.93 bits per heavy atom. The summed E-state index contributed by atoms with van der Waals surface area (Å²) in [7, 11) is 2.15. The van der Waals surface area contributed by atoms with Gasteiger partial charge in [-0.3, -0.25) is 0 Å². The molecule has 1 heterocycles. The van der Waals surface area contributed by atoms with Crippen LogP contribution in [0.5, 0.6) is 5.75 Å². The molecule has 3 rings (SSSR count). The fourth-order valence-corrected chi connectivity index (χ4v) is 3.00. The van der Waals surface area contributed by atoms with Gasteiger partial charge in [0.25, 0.3) is 0 Å². The van der Waals surface area contributed by atoms with Gasteiger partial charge >= 0.3 is 6.03 Å². The third kappa shape index (κ3) is 5.62. The second kappa shape index (κ2) is 8.77. The fourth-order valence-electron chi connectivity index (χ4n) is 3.00. The molecule has 2 N–H and O–H groups in total. The highest BCUT2D eigenvalue weighted by atomic mass is 16.5. The van der Waals surface area contributed by atoms with Gasteiger partial charge < -0.3 is 25.2 Å². The molecule has 6 heteroatoms. The Labute approximate surface area is 161 Å². The first-order valence-corrected chi connectivity index (χ1v) is 9.38. The number of piperazine rings is 1. The van der Waals surface area contributed by atoms with Crippen molar-refractivity contribution in [1.29, 1.82) is 0 Å². The number of nitrogens with zero attached hydrogens (tertiary/aromatic N) is 2.